The molecule has 84 valence electrons. The Morgan fingerprint density at radius 1 is 1.67 bits per heavy atom. The van der Waals surface area contributed by atoms with Gasteiger partial charge in [0.25, 0.3) is 0 Å². The van der Waals surface area contributed by atoms with Crippen LogP contribution >= 0.6 is 0 Å². The largest absolute Gasteiger partial charge is 0.468 e. The highest BCUT2D eigenvalue weighted by molar-refractivity contribution is 5.29. The molecule has 1 aromatic rings. The molecule has 4 nitrogen and oxygen atoms in total. The molecular weight excluding hydrogens is 194 g/mol. The van der Waals surface area contributed by atoms with E-state index < -0.39 is 0 Å². The van der Waals surface area contributed by atoms with Crippen LogP contribution in [0.1, 0.15) is 24.2 Å². The zero-order valence-electron chi connectivity index (χ0n) is 8.90. The standard InChI is InChI=1S/C11H17NO3/c1-14-6-8-2-3-15-10(8)11(7-12)4-9(13)5-11/h2-3,9,13H,4-7,12H2,1H3. The number of methoxy groups -OCH3 is 1. The van der Waals surface area contributed by atoms with E-state index in [4.69, 9.17) is 14.9 Å². The predicted octanol–water partition coefficient (Wildman–Crippen LogP) is 0.777. The molecule has 0 aromatic carbocycles. The second kappa shape index (κ2) is 3.96. The van der Waals surface area contributed by atoms with Gasteiger partial charge < -0.3 is 20.0 Å². The van der Waals surface area contributed by atoms with Crippen molar-refractivity contribution in [3.05, 3.63) is 23.7 Å². The fourth-order valence-corrected chi connectivity index (χ4v) is 2.36. The van der Waals surface area contributed by atoms with E-state index >= 15 is 0 Å². The summed E-state index contributed by atoms with van der Waals surface area (Å²) in [4.78, 5) is 0. The molecule has 0 radical (unpaired) electrons. The molecule has 1 aromatic heterocycles. The number of hydrogen-bond acceptors (Lipinski definition) is 4. The van der Waals surface area contributed by atoms with Crippen molar-refractivity contribution >= 4 is 0 Å². The Bertz CT molecular complexity index is 328. The molecule has 1 fully saturated rings. The molecule has 0 spiro atoms. The monoisotopic (exact) mass is 211 g/mol. The predicted molar refractivity (Wildman–Crippen MR) is 55.4 cm³/mol. The van der Waals surface area contributed by atoms with Crippen LogP contribution in [0.2, 0.25) is 0 Å². The van der Waals surface area contributed by atoms with Crippen LogP contribution in [-0.2, 0) is 16.8 Å². The summed E-state index contributed by atoms with van der Waals surface area (Å²) in [5.74, 6) is 0.886. The lowest BCUT2D eigenvalue weighted by Gasteiger charge is -2.43. The zero-order valence-corrected chi connectivity index (χ0v) is 8.90. The smallest absolute Gasteiger partial charge is 0.116 e. The van der Waals surface area contributed by atoms with E-state index in [1.54, 1.807) is 13.4 Å². The molecule has 0 saturated heterocycles. The number of rotatable bonds is 4. The van der Waals surface area contributed by atoms with Gasteiger partial charge in [0.15, 0.2) is 0 Å². The van der Waals surface area contributed by atoms with Gasteiger partial charge in [-0.25, -0.2) is 0 Å². The molecule has 1 heterocycles. The number of nitrogens with two attached hydrogens (primary N) is 1. The fourth-order valence-electron chi connectivity index (χ4n) is 2.36. The van der Waals surface area contributed by atoms with E-state index in [9.17, 15) is 5.11 Å². The summed E-state index contributed by atoms with van der Waals surface area (Å²) < 4.78 is 10.6. The first-order chi connectivity index (χ1) is 7.22. The maximum absolute atomic E-state index is 9.41. The van der Waals surface area contributed by atoms with Gasteiger partial charge in [0.1, 0.15) is 5.76 Å². The summed E-state index contributed by atoms with van der Waals surface area (Å²) in [6.07, 6.45) is 2.79. The zero-order chi connectivity index (χ0) is 10.9. The van der Waals surface area contributed by atoms with Crippen molar-refractivity contribution in [1.82, 2.24) is 0 Å². The molecule has 0 unspecified atom stereocenters. The van der Waals surface area contributed by atoms with Gasteiger partial charge in [-0.1, -0.05) is 0 Å². The van der Waals surface area contributed by atoms with Gasteiger partial charge in [0.05, 0.1) is 19.0 Å². The lowest BCUT2D eigenvalue weighted by atomic mass is 9.64. The number of ether oxygens (including phenoxy) is 1. The maximum atomic E-state index is 9.41. The minimum absolute atomic E-state index is 0.170. The van der Waals surface area contributed by atoms with Gasteiger partial charge in [-0.2, -0.15) is 0 Å². The Morgan fingerprint density at radius 3 is 2.93 bits per heavy atom. The minimum atomic E-state index is -0.242. The van der Waals surface area contributed by atoms with E-state index in [1.165, 1.54) is 0 Å². The minimum Gasteiger partial charge on any atom is -0.468 e. The summed E-state index contributed by atoms with van der Waals surface area (Å²) in [6.45, 7) is 1.04. The molecule has 3 N–H and O–H groups in total. The average Bonchev–Trinajstić information content (AvgIpc) is 2.62. The van der Waals surface area contributed by atoms with Gasteiger partial charge in [-0.3, -0.25) is 0 Å². The molecule has 0 bridgehead atoms. The summed E-state index contributed by atoms with van der Waals surface area (Å²) in [5, 5.41) is 9.41. The van der Waals surface area contributed by atoms with Crippen LogP contribution in [0, 0.1) is 0 Å². The van der Waals surface area contributed by atoms with Crippen molar-refractivity contribution in [1.29, 1.82) is 0 Å². The number of furan rings is 1. The summed E-state index contributed by atoms with van der Waals surface area (Å²) in [7, 11) is 1.65. The quantitative estimate of drug-likeness (QED) is 0.772. The van der Waals surface area contributed by atoms with Gasteiger partial charge >= 0.3 is 0 Å². The Balaban J connectivity index is 2.23. The molecule has 2 rings (SSSR count). The van der Waals surface area contributed by atoms with E-state index in [2.05, 4.69) is 0 Å². The molecule has 1 saturated carbocycles. The third-order valence-corrected chi connectivity index (χ3v) is 3.17. The first kappa shape index (κ1) is 10.7. The molecule has 15 heavy (non-hydrogen) atoms. The molecule has 4 heteroatoms. The molecule has 1 aliphatic carbocycles. The van der Waals surface area contributed by atoms with E-state index in [1.807, 2.05) is 6.07 Å². The Kier molecular flexibility index (Phi) is 2.82. The van der Waals surface area contributed by atoms with Crippen molar-refractivity contribution in [3.8, 4) is 0 Å². The van der Waals surface area contributed by atoms with Gasteiger partial charge in [-0.05, 0) is 18.9 Å². The summed E-state index contributed by atoms with van der Waals surface area (Å²) >= 11 is 0. The summed E-state index contributed by atoms with van der Waals surface area (Å²) in [5.41, 5.74) is 6.64. The first-order valence-electron chi connectivity index (χ1n) is 5.16. The molecular formula is C11H17NO3. The molecule has 1 aliphatic rings. The van der Waals surface area contributed by atoms with Crippen molar-refractivity contribution < 1.29 is 14.3 Å². The topological polar surface area (TPSA) is 68.6 Å². The van der Waals surface area contributed by atoms with Gasteiger partial charge in [0, 0.05) is 24.6 Å². The lowest BCUT2D eigenvalue weighted by Crippen LogP contribution is -2.50. The van der Waals surface area contributed by atoms with Crippen LogP contribution in [0.3, 0.4) is 0 Å². The first-order valence-corrected chi connectivity index (χ1v) is 5.16. The highest BCUT2D eigenvalue weighted by Gasteiger charge is 2.47. The van der Waals surface area contributed by atoms with Crippen molar-refractivity contribution in [2.45, 2.75) is 31.0 Å². The Labute approximate surface area is 89.0 Å². The fraction of sp³-hybridized carbons (Fsp3) is 0.636. The number of aliphatic hydroxyl groups is 1. The van der Waals surface area contributed by atoms with E-state index in [-0.39, 0.29) is 11.5 Å². The SMILES string of the molecule is COCc1ccoc1C1(CN)CC(O)C1. The third kappa shape index (κ3) is 1.69. The third-order valence-electron chi connectivity index (χ3n) is 3.17. The maximum Gasteiger partial charge on any atom is 0.116 e. The molecule has 0 amide bonds. The Morgan fingerprint density at radius 2 is 2.40 bits per heavy atom. The van der Waals surface area contributed by atoms with Crippen LogP contribution in [-0.4, -0.2) is 24.9 Å². The highest BCUT2D eigenvalue weighted by Crippen LogP contribution is 2.44. The Hall–Kier alpha value is -0.840. The van der Waals surface area contributed by atoms with Crippen molar-refractivity contribution in [2.24, 2.45) is 5.73 Å². The normalized spacial score (nSPS) is 30.2. The van der Waals surface area contributed by atoms with Gasteiger partial charge in [0.2, 0.25) is 0 Å². The van der Waals surface area contributed by atoms with E-state index in [0.717, 1.165) is 11.3 Å². The van der Waals surface area contributed by atoms with Crippen LogP contribution in [0.4, 0.5) is 0 Å². The van der Waals surface area contributed by atoms with Crippen LogP contribution in [0.15, 0.2) is 16.7 Å². The highest BCUT2D eigenvalue weighted by atomic mass is 16.5. The van der Waals surface area contributed by atoms with Crippen LogP contribution in [0.25, 0.3) is 0 Å². The second-order valence-electron chi connectivity index (χ2n) is 4.25. The van der Waals surface area contributed by atoms with Crippen LogP contribution in [0.5, 0.6) is 0 Å². The second-order valence-corrected chi connectivity index (χ2v) is 4.25. The van der Waals surface area contributed by atoms with Gasteiger partial charge in [-0.15, -0.1) is 0 Å². The van der Waals surface area contributed by atoms with Crippen LogP contribution < -0.4 is 5.73 Å². The lowest BCUT2D eigenvalue weighted by molar-refractivity contribution is 0.00994. The molecule has 0 atom stereocenters. The van der Waals surface area contributed by atoms with Crippen molar-refractivity contribution in [2.75, 3.05) is 13.7 Å². The molecule has 0 aliphatic heterocycles. The van der Waals surface area contributed by atoms with Crippen molar-refractivity contribution in [3.63, 3.8) is 0 Å². The number of aliphatic hydroxyl groups excluding tert-OH is 1. The number of hydrogen-bond donors (Lipinski definition) is 2. The summed E-state index contributed by atoms with van der Waals surface area (Å²) in [6, 6.07) is 1.90. The average molecular weight is 211 g/mol. The van der Waals surface area contributed by atoms with E-state index in [0.29, 0.717) is 26.0 Å².